The largest absolute Gasteiger partial charge is 0.479 e. The third-order valence-electron chi connectivity index (χ3n) is 21.1. The fourth-order valence-electron chi connectivity index (χ4n) is 16.2. The zero-order valence-electron chi connectivity index (χ0n) is 46.4. The van der Waals surface area contributed by atoms with E-state index in [1.165, 1.54) is 6.92 Å². The molecule has 0 radical (unpaired) electrons. The first-order valence-corrected chi connectivity index (χ1v) is 27.7. The molecule has 3 aliphatic heterocycles. The highest BCUT2D eigenvalue weighted by Crippen LogP contribution is 2.76. The molecule has 0 aromatic heterocycles. The monoisotopic (exact) mass is 1130 g/mol. The van der Waals surface area contributed by atoms with Gasteiger partial charge in [0.25, 0.3) is 0 Å². The summed E-state index contributed by atoms with van der Waals surface area (Å²) in [5.74, 6) is -3.88. The molecule has 79 heavy (non-hydrogen) atoms. The topological polar surface area (TPSA) is 388 Å². The van der Waals surface area contributed by atoms with Crippen LogP contribution in [0.1, 0.15) is 107 Å². The first kappa shape index (κ1) is 62.2. The molecule has 0 amide bonds. The lowest BCUT2D eigenvalue weighted by molar-refractivity contribution is -0.392. The summed E-state index contributed by atoms with van der Waals surface area (Å²) in [6.45, 7) is 14.1. The first-order valence-electron chi connectivity index (χ1n) is 27.7. The van der Waals surface area contributed by atoms with Crippen LogP contribution in [-0.4, -0.2) is 227 Å². The Morgan fingerprint density at radius 1 is 0.658 bits per heavy atom. The number of esters is 2. The van der Waals surface area contributed by atoms with Crippen molar-refractivity contribution in [3.05, 3.63) is 23.3 Å². The molecule has 0 bridgehead atoms. The van der Waals surface area contributed by atoms with Crippen molar-refractivity contribution in [1.29, 1.82) is 0 Å². The van der Waals surface area contributed by atoms with Gasteiger partial charge in [0.05, 0.1) is 44.1 Å². The van der Waals surface area contributed by atoms with Gasteiger partial charge in [0.15, 0.2) is 25.0 Å². The highest BCUT2D eigenvalue weighted by atomic mass is 16.8. The second-order valence-electron chi connectivity index (χ2n) is 25.5. The van der Waals surface area contributed by atoms with Gasteiger partial charge in [-0.25, -0.2) is 9.59 Å². The van der Waals surface area contributed by atoms with Crippen LogP contribution in [0.5, 0.6) is 0 Å². The van der Waals surface area contributed by atoms with Gasteiger partial charge in [-0.05, 0) is 92.8 Å². The van der Waals surface area contributed by atoms with Gasteiger partial charge in [0, 0.05) is 23.3 Å². The zero-order valence-corrected chi connectivity index (χ0v) is 46.4. The van der Waals surface area contributed by atoms with Crippen molar-refractivity contribution in [2.24, 2.45) is 50.2 Å². The number of aliphatic hydroxyl groups is 12. The predicted molar refractivity (Wildman–Crippen MR) is 269 cm³/mol. The third-order valence-corrected chi connectivity index (χ3v) is 21.1. The second-order valence-corrected chi connectivity index (χ2v) is 25.5. The van der Waals surface area contributed by atoms with Gasteiger partial charge >= 0.3 is 17.9 Å². The van der Waals surface area contributed by atoms with E-state index in [2.05, 4.69) is 26.8 Å². The lowest BCUT2D eigenvalue weighted by Crippen LogP contribution is -2.72. The number of carboxylic acid groups (broad SMARTS) is 1. The Labute approximate surface area is 459 Å². The number of rotatable bonds is 14. The van der Waals surface area contributed by atoms with Crippen molar-refractivity contribution in [3.8, 4) is 0 Å². The van der Waals surface area contributed by atoms with Crippen LogP contribution < -0.4 is 0 Å². The smallest absolute Gasteiger partial charge is 0.335 e. The summed E-state index contributed by atoms with van der Waals surface area (Å²) in [6, 6.07) is 0. The summed E-state index contributed by atoms with van der Waals surface area (Å²) in [7, 11) is 0. The Kier molecular flexibility index (Phi) is 17.8. The Morgan fingerprint density at radius 3 is 1.76 bits per heavy atom. The molecule has 24 heteroatoms. The minimum Gasteiger partial charge on any atom is -0.479 e. The van der Waals surface area contributed by atoms with E-state index in [9.17, 15) is 80.8 Å². The van der Waals surface area contributed by atoms with Crippen molar-refractivity contribution in [2.45, 2.75) is 224 Å². The van der Waals surface area contributed by atoms with Gasteiger partial charge in [-0.1, -0.05) is 59.3 Å². The molecule has 7 fully saturated rings. The summed E-state index contributed by atoms with van der Waals surface area (Å²) >= 11 is 0. The fraction of sp³-hybridized carbons (Fsp3) is 0.873. The van der Waals surface area contributed by atoms with Crippen LogP contribution in [0.4, 0.5) is 0 Å². The fourth-order valence-corrected chi connectivity index (χ4v) is 16.2. The minimum absolute atomic E-state index is 0.0849. The average molecular weight is 1130 g/mol. The summed E-state index contributed by atoms with van der Waals surface area (Å²) in [4.78, 5) is 39.5. The standard InChI is InChI=1S/C55H86O24/c1-10-23(2)46(71)79-43-44(72-24(3)60)55(22-59)26(17-50(43,4)5)25-11-12-30-51(6)15-14-32(52(7,21-58)29(51)13-16-53(30,8)54(25,9)18-31(55)61)75-49-41(77-48-38(67)36(65)34(63)28(20-57)74-48)39(68)40(42(78-49)45(69)70)76-47-37(66)35(64)33(62)27(19-56)73-47/h10-11,26-44,47-49,56-59,61-68H,12-22H2,1-9H3,(H,69,70)/b23-10+/t26?,27-,28-,29?,30?,31-,32+,33-,34-,35+,36+,37-,38-,39+,40+,41-,42+,43-,44+,47+,48+,49-,51+,52-,53-,54-,55+/m1/s1. The number of allylic oxidation sites excluding steroid dienone is 3. The summed E-state index contributed by atoms with van der Waals surface area (Å²) < 4.78 is 48.2. The number of carbonyl (C=O) groups is 3. The summed E-state index contributed by atoms with van der Waals surface area (Å²) in [6.07, 6.45) is -26.5. The maximum Gasteiger partial charge on any atom is 0.335 e. The lowest BCUT2D eigenvalue weighted by Gasteiger charge is -2.72. The Bertz CT molecular complexity index is 2290. The molecule has 3 saturated heterocycles. The number of hydrogen-bond acceptors (Lipinski definition) is 23. The van der Waals surface area contributed by atoms with Gasteiger partial charge in [0.1, 0.15) is 79.4 Å². The van der Waals surface area contributed by atoms with E-state index in [0.29, 0.717) is 37.7 Å². The zero-order chi connectivity index (χ0) is 58.4. The highest BCUT2D eigenvalue weighted by molar-refractivity contribution is 5.87. The van der Waals surface area contributed by atoms with E-state index >= 15 is 0 Å². The van der Waals surface area contributed by atoms with Crippen molar-refractivity contribution in [3.63, 3.8) is 0 Å². The maximum atomic E-state index is 13.4. The molecule has 0 aromatic carbocycles. The number of carbonyl (C=O) groups excluding carboxylic acids is 2. The summed E-state index contributed by atoms with van der Waals surface area (Å²) in [5.41, 5.74) is -3.78. The van der Waals surface area contributed by atoms with Gasteiger partial charge in [-0.15, -0.1) is 0 Å². The molecule has 8 rings (SSSR count). The predicted octanol–water partition coefficient (Wildman–Crippen LogP) is -1.32. The molecule has 450 valence electrons. The van der Waals surface area contributed by atoms with Crippen LogP contribution in [0.15, 0.2) is 23.3 Å². The van der Waals surface area contributed by atoms with Crippen LogP contribution >= 0.6 is 0 Å². The molecule has 0 aromatic rings. The van der Waals surface area contributed by atoms with Gasteiger partial charge in [-0.3, -0.25) is 4.79 Å². The van der Waals surface area contributed by atoms with E-state index in [4.69, 9.17) is 37.9 Å². The van der Waals surface area contributed by atoms with Gasteiger partial charge in [-0.2, -0.15) is 0 Å². The molecule has 3 unspecified atom stereocenters. The van der Waals surface area contributed by atoms with Crippen LogP contribution in [0.3, 0.4) is 0 Å². The van der Waals surface area contributed by atoms with E-state index in [0.717, 1.165) is 5.57 Å². The molecule has 24 nitrogen and oxygen atoms in total. The van der Waals surface area contributed by atoms with E-state index < -0.39 is 199 Å². The van der Waals surface area contributed by atoms with Gasteiger partial charge in [0.2, 0.25) is 0 Å². The number of carboxylic acids is 1. The Hall–Kier alpha value is -2.83. The van der Waals surface area contributed by atoms with Crippen molar-refractivity contribution < 1.29 is 119 Å². The van der Waals surface area contributed by atoms with Crippen molar-refractivity contribution in [2.75, 3.05) is 26.4 Å². The van der Waals surface area contributed by atoms with Crippen LogP contribution in [0.2, 0.25) is 0 Å². The molecule has 13 N–H and O–H groups in total. The van der Waals surface area contributed by atoms with Crippen LogP contribution in [0.25, 0.3) is 0 Å². The lowest BCUT2D eigenvalue weighted by atomic mass is 9.33. The number of fused-ring (bicyclic) bond motifs is 7. The van der Waals surface area contributed by atoms with E-state index in [-0.39, 0.29) is 24.7 Å². The average Bonchev–Trinajstić information content (AvgIpc) is 3.25. The Morgan fingerprint density at radius 2 is 1.24 bits per heavy atom. The quantitative estimate of drug-likeness (QED) is 0.0415. The molecule has 0 spiro atoms. The third kappa shape index (κ3) is 9.94. The molecule has 27 atom stereocenters. The number of aliphatic carboxylic acids is 1. The van der Waals surface area contributed by atoms with Crippen LogP contribution in [-0.2, 0) is 52.3 Å². The molecular formula is C55H86O24. The molecule has 3 heterocycles. The number of hydrogen-bond donors (Lipinski definition) is 13. The van der Waals surface area contributed by atoms with Gasteiger partial charge < -0.3 is 104 Å². The molecular weight excluding hydrogens is 1040 g/mol. The molecule has 4 saturated carbocycles. The maximum absolute atomic E-state index is 13.4. The summed E-state index contributed by atoms with van der Waals surface area (Å²) in [5, 5.41) is 143. The van der Waals surface area contributed by atoms with Crippen molar-refractivity contribution >= 4 is 17.9 Å². The SMILES string of the molecule is C/C=C(\C)C(=O)O[C@@H]1[C@H](OC(C)=O)[C@@]2(CO)C(CC1(C)C)C1=CCC3[C@@]4(C)CC[C@H](O[C@@H]5O[C@H](C(=O)O)[C@@H](O[C@@H]6O[C@H](CO)[C@@H](O)[C@H](O)[C@H]6O)[C@H](O)[C@H]5O[C@@H]5O[C@H](CO)[C@@H](O)[C@H](O)[C@H]5O)[C@](C)(CO)C4CC[C@@]3(C)[C@]1(C)C[C@H]2O. The van der Waals surface area contributed by atoms with E-state index in [1.807, 2.05) is 20.8 Å². The van der Waals surface area contributed by atoms with E-state index in [1.54, 1.807) is 19.9 Å². The number of ether oxygens (including phenoxy) is 8. The minimum atomic E-state index is -2.18. The Balaban J connectivity index is 1.12. The van der Waals surface area contributed by atoms with Crippen molar-refractivity contribution in [1.82, 2.24) is 0 Å². The first-order chi connectivity index (χ1) is 36.9. The number of aliphatic hydroxyl groups excluding tert-OH is 12. The normalized spacial score (nSPS) is 50.6. The second kappa shape index (κ2) is 22.6. The molecule has 5 aliphatic carbocycles. The molecule has 8 aliphatic rings. The highest BCUT2D eigenvalue weighted by Gasteiger charge is 2.74. The van der Waals surface area contributed by atoms with Crippen LogP contribution in [0, 0.1) is 50.2 Å².